The van der Waals surface area contributed by atoms with E-state index in [0.29, 0.717) is 25.3 Å². The first-order valence-electron chi connectivity index (χ1n) is 12.6. The highest BCUT2D eigenvalue weighted by atomic mass is 16.6. The number of nitrogens with zero attached hydrogens (tertiary/aromatic N) is 2. The molecule has 1 saturated heterocycles. The van der Waals surface area contributed by atoms with Crippen molar-refractivity contribution in [3.05, 3.63) is 65.9 Å². The average Bonchev–Trinajstić information content (AvgIpc) is 3.45. The lowest BCUT2D eigenvalue weighted by molar-refractivity contribution is -0.157. The Morgan fingerprint density at radius 3 is 2.70 bits per heavy atom. The van der Waals surface area contributed by atoms with Gasteiger partial charge in [-0.25, -0.2) is 4.79 Å². The van der Waals surface area contributed by atoms with Gasteiger partial charge in [-0.15, -0.1) is 0 Å². The fraction of sp³-hybridized carbons (Fsp3) is 0.448. The van der Waals surface area contributed by atoms with E-state index in [1.807, 2.05) is 63.2 Å². The number of aliphatic hydroxyl groups is 1. The number of esters is 1. The maximum atomic E-state index is 13.5. The molecule has 198 valence electrons. The normalized spacial score (nSPS) is 17.1. The zero-order chi connectivity index (χ0) is 26.6. The topological polar surface area (TPSA) is 92.5 Å². The van der Waals surface area contributed by atoms with Crippen molar-refractivity contribution in [3.63, 3.8) is 0 Å². The Bertz CT molecular complexity index is 1230. The van der Waals surface area contributed by atoms with Crippen molar-refractivity contribution in [3.8, 4) is 5.75 Å². The van der Waals surface area contributed by atoms with Gasteiger partial charge in [-0.3, -0.25) is 9.69 Å². The van der Waals surface area contributed by atoms with Gasteiger partial charge in [0.15, 0.2) is 6.61 Å². The summed E-state index contributed by atoms with van der Waals surface area (Å²) in [5.41, 5.74) is 1.90. The lowest BCUT2D eigenvalue weighted by Gasteiger charge is -2.32. The Hall–Kier alpha value is -3.36. The van der Waals surface area contributed by atoms with Crippen molar-refractivity contribution in [2.45, 2.75) is 51.4 Å². The van der Waals surface area contributed by atoms with Crippen LogP contribution in [0.3, 0.4) is 0 Å². The zero-order valence-electron chi connectivity index (χ0n) is 22.0. The van der Waals surface area contributed by atoms with Crippen LogP contribution in [-0.2, 0) is 20.7 Å². The summed E-state index contributed by atoms with van der Waals surface area (Å²) in [6.45, 7) is 7.13. The number of likely N-dealkylation sites (tertiary alicyclic amines) is 1. The second-order valence-electron chi connectivity index (χ2n) is 10.6. The van der Waals surface area contributed by atoms with Gasteiger partial charge in [-0.05, 0) is 51.0 Å². The van der Waals surface area contributed by atoms with Crippen molar-refractivity contribution < 1.29 is 28.6 Å². The number of β-amino-alcohol motifs (C(OH)–C–C–N with tert-alkyl or cyclic N) is 1. The fourth-order valence-corrected chi connectivity index (χ4v) is 4.63. The molecule has 1 fully saturated rings. The molecule has 3 aromatic rings. The van der Waals surface area contributed by atoms with Crippen LogP contribution in [0.15, 0.2) is 59.2 Å². The molecule has 2 atom stereocenters. The molecule has 1 aliphatic rings. The van der Waals surface area contributed by atoms with Crippen molar-refractivity contribution in [1.82, 2.24) is 9.80 Å². The first kappa shape index (κ1) is 26.7. The molecule has 1 aromatic heterocycles. The van der Waals surface area contributed by atoms with Gasteiger partial charge in [0.25, 0.3) is 0 Å². The molecule has 1 N–H and O–H groups in total. The molecule has 0 radical (unpaired) electrons. The SMILES string of the molecule is CN(C(=O)Cc1coc2ccccc12)[C@H](CN1CC[C@@H](O)C1)c1cccc(OCC(=O)OC(C)(C)C)c1. The standard InChI is InChI=1S/C29H36N2O6/c1-29(2,3)37-28(34)19-35-23-9-7-8-20(14-23)25(17-31-13-12-22(32)16-31)30(4)27(33)15-21-18-36-26-11-6-5-10-24(21)26/h5-11,14,18,22,25,32H,12-13,15-17,19H2,1-4H3/t22-,25-/m1/s1. The van der Waals surface area contributed by atoms with Gasteiger partial charge in [-0.2, -0.15) is 0 Å². The minimum Gasteiger partial charge on any atom is -0.482 e. The number of carbonyl (C=O) groups excluding carboxylic acids is 2. The third kappa shape index (κ3) is 7.11. The predicted molar refractivity (Wildman–Crippen MR) is 140 cm³/mol. The molecule has 1 aliphatic heterocycles. The first-order valence-corrected chi connectivity index (χ1v) is 12.6. The second kappa shape index (κ2) is 11.4. The molecule has 2 heterocycles. The lowest BCUT2D eigenvalue weighted by Crippen LogP contribution is -2.39. The molecule has 4 rings (SSSR count). The van der Waals surface area contributed by atoms with E-state index in [-0.39, 0.29) is 31.1 Å². The van der Waals surface area contributed by atoms with Crippen LogP contribution in [0.5, 0.6) is 5.75 Å². The smallest absolute Gasteiger partial charge is 0.344 e. The van der Waals surface area contributed by atoms with Crippen LogP contribution < -0.4 is 4.74 Å². The fourth-order valence-electron chi connectivity index (χ4n) is 4.63. The Morgan fingerprint density at radius 1 is 1.19 bits per heavy atom. The highest BCUT2D eigenvalue weighted by Gasteiger charge is 2.29. The molecule has 8 heteroatoms. The third-order valence-corrected chi connectivity index (χ3v) is 6.46. The molecule has 0 spiro atoms. The number of ether oxygens (including phenoxy) is 2. The monoisotopic (exact) mass is 508 g/mol. The minimum absolute atomic E-state index is 0.0450. The number of amides is 1. The lowest BCUT2D eigenvalue weighted by atomic mass is 10.0. The van der Waals surface area contributed by atoms with Gasteiger partial charge in [0.2, 0.25) is 5.91 Å². The third-order valence-electron chi connectivity index (χ3n) is 6.46. The van der Waals surface area contributed by atoms with Crippen molar-refractivity contribution in [1.29, 1.82) is 0 Å². The summed E-state index contributed by atoms with van der Waals surface area (Å²) in [7, 11) is 1.80. The summed E-state index contributed by atoms with van der Waals surface area (Å²) < 4.78 is 16.7. The largest absolute Gasteiger partial charge is 0.482 e. The average molecular weight is 509 g/mol. The second-order valence-corrected chi connectivity index (χ2v) is 10.6. The van der Waals surface area contributed by atoms with Crippen molar-refractivity contribution in [2.24, 2.45) is 0 Å². The summed E-state index contributed by atoms with van der Waals surface area (Å²) in [4.78, 5) is 29.5. The molecule has 0 unspecified atom stereocenters. The number of benzene rings is 2. The van der Waals surface area contributed by atoms with Crippen molar-refractivity contribution in [2.75, 3.05) is 33.3 Å². The van der Waals surface area contributed by atoms with Gasteiger partial charge < -0.3 is 23.9 Å². The van der Waals surface area contributed by atoms with Gasteiger partial charge in [0, 0.05) is 37.6 Å². The Kier molecular flexibility index (Phi) is 8.19. The zero-order valence-corrected chi connectivity index (χ0v) is 22.0. The summed E-state index contributed by atoms with van der Waals surface area (Å²) in [6, 6.07) is 14.8. The van der Waals surface area contributed by atoms with Crippen molar-refractivity contribution >= 4 is 22.8 Å². The Morgan fingerprint density at radius 2 is 1.97 bits per heavy atom. The molecular formula is C29H36N2O6. The van der Waals surface area contributed by atoms with E-state index in [1.54, 1.807) is 24.3 Å². The van der Waals surface area contributed by atoms with E-state index in [2.05, 4.69) is 4.90 Å². The summed E-state index contributed by atoms with van der Waals surface area (Å²) in [5.74, 6) is 0.0352. The molecule has 37 heavy (non-hydrogen) atoms. The van der Waals surface area contributed by atoms with E-state index in [9.17, 15) is 14.7 Å². The summed E-state index contributed by atoms with van der Waals surface area (Å²) >= 11 is 0. The molecule has 0 saturated carbocycles. The van der Waals surface area contributed by atoms with E-state index < -0.39 is 11.6 Å². The van der Waals surface area contributed by atoms with Crippen LogP contribution in [0.4, 0.5) is 0 Å². The quantitative estimate of drug-likeness (QED) is 0.438. The first-order chi connectivity index (χ1) is 17.6. The van der Waals surface area contributed by atoms with E-state index >= 15 is 0 Å². The number of para-hydroxylation sites is 1. The van der Waals surface area contributed by atoms with Crippen LogP contribution in [0.2, 0.25) is 0 Å². The van der Waals surface area contributed by atoms with E-state index in [4.69, 9.17) is 13.9 Å². The van der Waals surface area contributed by atoms with Crippen LogP contribution in [0, 0.1) is 0 Å². The van der Waals surface area contributed by atoms with Gasteiger partial charge in [0.05, 0.1) is 24.8 Å². The highest BCUT2D eigenvalue weighted by Crippen LogP contribution is 2.28. The number of hydrogen-bond donors (Lipinski definition) is 1. The predicted octanol–water partition coefficient (Wildman–Crippen LogP) is 3.96. The van der Waals surface area contributed by atoms with Crippen LogP contribution >= 0.6 is 0 Å². The van der Waals surface area contributed by atoms with E-state index in [0.717, 1.165) is 28.6 Å². The number of fused-ring (bicyclic) bond motifs is 1. The maximum absolute atomic E-state index is 13.5. The number of carbonyl (C=O) groups is 2. The number of rotatable bonds is 9. The summed E-state index contributed by atoms with van der Waals surface area (Å²) in [5, 5.41) is 11.0. The van der Waals surface area contributed by atoms with E-state index in [1.165, 1.54) is 0 Å². The Labute approximate surface area is 217 Å². The molecule has 1 amide bonds. The molecule has 2 aromatic carbocycles. The van der Waals surface area contributed by atoms with Crippen LogP contribution in [-0.4, -0.2) is 71.8 Å². The van der Waals surface area contributed by atoms with Crippen LogP contribution in [0.1, 0.15) is 44.4 Å². The molecule has 8 nitrogen and oxygen atoms in total. The van der Waals surface area contributed by atoms with Gasteiger partial charge in [0.1, 0.15) is 16.9 Å². The maximum Gasteiger partial charge on any atom is 0.344 e. The molecule has 0 aliphatic carbocycles. The number of hydrogen-bond acceptors (Lipinski definition) is 7. The Balaban J connectivity index is 1.51. The van der Waals surface area contributed by atoms with Gasteiger partial charge in [-0.1, -0.05) is 30.3 Å². The number of aliphatic hydroxyl groups excluding tert-OH is 1. The number of likely N-dealkylation sites (N-methyl/N-ethyl adjacent to an activating group) is 1. The minimum atomic E-state index is -0.586. The highest BCUT2D eigenvalue weighted by molar-refractivity contribution is 5.87. The van der Waals surface area contributed by atoms with Crippen LogP contribution in [0.25, 0.3) is 11.0 Å². The summed E-state index contributed by atoms with van der Waals surface area (Å²) in [6.07, 6.45) is 2.21. The molecular weight excluding hydrogens is 472 g/mol. The molecule has 0 bridgehead atoms. The number of furan rings is 1. The van der Waals surface area contributed by atoms with Gasteiger partial charge >= 0.3 is 5.97 Å².